The molecule has 0 bridgehead atoms. The zero-order valence-corrected chi connectivity index (χ0v) is 16.2. The molecule has 27 heavy (non-hydrogen) atoms. The van der Waals surface area contributed by atoms with E-state index >= 15 is 0 Å². The molecule has 0 fully saturated rings. The maximum Gasteiger partial charge on any atom is 0.310 e. The van der Waals surface area contributed by atoms with Crippen molar-refractivity contribution < 1.29 is 4.74 Å². The Morgan fingerprint density at radius 2 is 2.11 bits per heavy atom. The van der Waals surface area contributed by atoms with Gasteiger partial charge in [0, 0.05) is 24.9 Å². The van der Waals surface area contributed by atoms with Crippen molar-refractivity contribution in [3.8, 4) is 0 Å². The van der Waals surface area contributed by atoms with Gasteiger partial charge >= 0.3 is 4.87 Å². The Kier molecular flexibility index (Phi) is 5.48. The van der Waals surface area contributed by atoms with Crippen molar-refractivity contribution in [1.82, 2.24) is 14.3 Å². The molecule has 0 radical (unpaired) electrons. The highest BCUT2D eigenvalue weighted by atomic mass is 32.1. The predicted molar refractivity (Wildman–Crippen MR) is 109 cm³/mol. The lowest BCUT2D eigenvalue weighted by Crippen LogP contribution is -2.13. The Hall–Kier alpha value is -2.84. The molecule has 1 atom stereocenters. The van der Waals surface area contributed by atoms with E-state index < -0.39 is 0 Å². The smallest absolute Gasteiger partial charge is 0.310 e. The standard InChI is InChI=1S/C19H21N5O2S/c1-12(20)4-7-18(21)24-9-8-15(22-24)13(2)14-5-6-16-17(10-14)27-19(25)23(16)11-26-3/h4-10,13,20-21H,11H2,1-3H3/b7-4-,20-12?,21-18?. The van der Waals surface area contributed by atoms with Crippen LogP contribution in [0.15, 0.2) is 47.4 Å². The lowest BCUT2D eigenvalue weighted by atomic mass is 9.98. The number of methoxy groups -OCH3 is 1. The number of rotatable bonds is 6. The van der Waals surface area contributed by atoms with E-state index in [1.54, 1.807) is 36.9 Å². The molecule has 0 aliphatic rings. The van der Waals surface area contributed by atoms with Crippen molar-refractivity contribution in [2.75, 3.05) is 7.11 Å². The molecule has 1 unspecified atom stereocenters. The monoisotopic (exact) mass is 383 g/mol. The predicted octanol–water partition coefficient (Wildman–Crippen LogP) is 3.44. The van der Waals surface area contributed by atoms with Crippen molar-refractivity contribution >= 4 is 33.1 Å². The minimum absolute atomic E-state index is 0.0185. The van der Waals surface area contributed by atoms with Gasteiger partial charge in [0.25, 0.3) is 0 Å². The van der Waals surface area contributed by atoms with Gasteiger partial charge in [-0.05, 0) is 42.8 Å². The van der Waals surface area contributed by atoms with E-state index in [2.05, 4.69) is 5.10 Å². The van der Waals surface area contributed by atoms with Crippen LogP contribution in [0.1, 0.15) is 31.0 Å². The molecule has 0 aliphatic heterocycles. The van der Waals surface area contributed by atoms with Crippen molar-refractivity contribution in [3.63, 3.8) is 0 Å². The first-order chi connectivity index (χ1) is 12.9. The first-order valence-corrected chi connectivity index (χ1v) is 9.22. The van der Waals surface area contributed by atoms with E-state index in [1.165, 1.54) is 16.0 Å². The summed E-state index contributed by atoms with van der Waals surface area (Å²) in [7, 11) is 1.57. The molecule has 3 rings (SSSR count). The number of aromatic nitrogens is 3. The van der Waals surface area contributed by atoms with Crippen molar-refractivity contribution in [3.05, 3.63) is 63.5 Å². The van der Waals surface area contributed by atoms with Crippen molar-refractivity contribution in [1.29, 1.82) is 10.8 Å². The molecule has 2 heterocycles. The fourth-order valence-corrected chi connectivity index (χ4v) is 3.69. The summed E-state index contributed by atoms with van der Waals surface area (Å²) in [6, 6.07) is 7.83. The van der Waals surface area contributed by atoms with Crippen LogP contribution in [-0.4, -0.2) is 33.0 Å². The van der Waals surface area contributed by atoms with E-state index in [9.17, 15) is 4.79 Å². The van der Waals surface area contributed by atoms with Crippen LogP contribution in [-0.2, 0) is 11.5 Å². The number of benzene rings is 1. The maximum atomic E-state index is 12.1. The third-order valence-electron chi connectivity index (χ3n) is 4.24. The molecule has 0 saturated carbocycles. The Balaban J connectivity index is 1.88. The number of hydrogen-bond acceptors (Lipinski definition) is 6. The van der Waals surface area contributed by atoms with Gasteiger partial charge in [-0.3, -0.25) is 14.8 Å². The molecule has 3 aromatic rings. The molecule has 7 nitrogen and oxygen atoms in total. The highest BCUT2D eigenvalue weighted by molar-refractivity contribution is 7.16. The van der Waals surface area contributed by atoms with Crippen molar-refractivity contribution in [2.45, 2.75) is 26.5 Å². The zero-order chi connectivity index (χ0) is 19.6. The highest BCUT2D eigenvalue weighted by Gasteiger charge is 2.15. The van der Waals surface area contributed by atoms with Crippen LogP contribution in [0.2, 0.25) is 0 Å². The second-order valence-corrected chi connectivity index (χ2v) is 7.24. The molecule has 2 aromatic heterocycles. The zero-order valence-electron chi connectivity index (χ0n) is 15.4. The minimum atomic E-state index is -0.0392. The van der Waals surface area contributed by atoms with Gasteiger partial charge in [0.2, 0.25) is 0 Å². The summed E-state index contributed by atoms with van der Waals surface area (Å²) >= 11 is 1.20. The van der Waals surface area contributed by atoms with Gasteiger partial charge in [-0.1, -0.05) is 24.3 Å². The number of nitrogens with one attached hydrogen (secondary N) is 2. The SMILES string of the molecule is COCn1c(=O)sc2cc(C(C)c3ccn(C(=N)/C=C\C(C)=N)n3)ccc21. The molecule has 0 aliphatic carbocycles. The fraction of sp³-hybridized carbons (Fsp3) is 0.263. The van der Waals surface area contributed by atoms with Gasteiger partial charge in [-0.15, -0.1) is 0 Å². The van der Waals surface area contributed by atoms with Gasteiger partial charge in [0.15, 0.2) is 0 Å². The lowest BCUT2D eigenvalue weighted by Gasteiger charge is -2.10. The fourth-order valence-electron chi connectivity index (χ4n) is 2.76. The second kappa shape index (κ2) is 7.81. The van der Waals surface area contributed by atoms with Crippen molar-refractivity contribution in [2.24, 2.45) is 0 Å². The van der Waals surface area contributed by atoms with Crippen LogP contribution in [0.3, 0.4) is 0 Å². The van der Waals surface area contributed by atoms with E-state index in [4.69, 9.17) is 15.6 Å². The van der Waals surface area contributed by atoms with Crippen LogP contribution < -0.4 is 4.87 Å². The second-order valence-electron chi connectivity index (χ2n) is 6.25. The third-order valence-corrected chi connectivity index (χ3v) is 5.18. The first-order valence-electron chi connectivity index (χ1n) is 8.40. The quantitative estimate of drug-likeness (QED) is 0.504. The number of thiazole rings is 1. The van der Waals surface area contributed by atoms with E-state index in [-0.39, 0.29) is 23.4 Å². The summed E-state index contributed by atoms with van der Waals surface area (Å²) in [5.41, 5.74) is 3.13. The van der Waals surface area contributed by atoms with Gasteiger partial charge in [0.05, 0.1) is 15.9 Å². The average molecular weight is 383 g/mol. The number of hydrogen-bond donors (Lipinski definition) is 2. The molecule has 8 heteroatoms. The molecule has 0 amide bonds. The van der Waals surface area contributed by atoms with Gasteiger partial charge in [-0.2, -0.15) is 5.10 Å². The van der Waals surface area contributed by atoms with Gasteiger partial charge < -0.3 is 10.1 Å². The van der Waals surface area contributed by atoms with E-state index in [1.807, 2.05) is 31.2 Å². The highest BCUT2D eigenvalue weighted by Crippen LogP contribution is 2.27. The van der Waals surface area contributed by atoms with Crippen LogP contribution >= 0.6 is 11.3 Å². The Morgan fingerprint density at radius 1 is 1.33 bits per heavy atom. The van der Waals surface area contributed by atoms with Crippen LogP contribution in [0.25, 0.3) is 10.2 Å². The summed E-state index contributed by atoms with van der Waals surface area (Å²) in [4.78, 5) is 12.1. The molecular formula is C19H21N5O2S. The Bertz CT molecular complexity index is 1090. The molecule has 0 spiro atoms. The van der Waals surface area contributed by atoms with Crippen LogP contribution in [0.4, 0.5) is 0 Å². The Morgan fingerprint density at radius 3 is 2.81 bits per heavy atom. The number of ether oxygens (including phenoxy) is 1. The van der Waals surface area contributed by atoms with E-state index in [0.29, 0.717) is 5.71 Å². The molecule has 2 N–H and O–H groups in total. The summed E-state index contributed by atoms with van der Waals surface area (Å²) in [6.07, 6.45) is 4.85. The summed E-state index contributed by atoms with van der Waals surface area (Å²) in [5.74, 6) is 0.218. The largest absolute Gasteiger partial charge is 0.364 e. The number of allylic oxidation sites excluding steroid dienone is 2. The summed E-state index contributed by atoms with van der Waals surface area (Å²) in [5, 5.41) is 19.9. The first kappa shape index (κ1) is 18.9. The van der Waals surface area contributed by atoms with Crippen LogP contribution in [0, 0.1) is 10.8 Å². The Labute approximate surface area is 160 Å². The third kappa shape index (κ3) is 3.96. The molecule has 1 aromatic carbocycles. The minimum Gasteiger partial charge on any atom is -0.364 e. The summed E-state index contributed by atoms with van der Waals surface area (Å²) < 4.78 is 9.11. The maximum absolute atomic E-state index is 12.1. The topological polar surface area (TPSA) is 96.8 Å². The van der Waals surface area contributed by atoms with E-state index in [0.717, 1.165) is 21.5 Å². The van der Waals surface area contributed by atoms with Gasteiger partial charge in [0.1, 0.15) is 12.6 Å². The summed E-state index contributed by atoms with van der Waals surface area (Å²) in [6.45, 7) is 3.94. The lowest BCUT2D eigenvalue weighted by molar-refractivity contribution is 0.133. The molecule has 140 valence electrons. The molecular weight excluding hydrogens is 362 g/mol. The van der Waals surface area contributed by atoms with Gasteiger partial charge in [-0.25, -0.2) is 4.68 Å². The van der Waals surface area contributed by atoms with Crippen LogP contribution in [0.5, 0.6) is 0 Å². The number of nitrogens with zero attached hydrogens (tertiary/aromatic N) is 3. The average Bonchev–Trinajstić information content (AvgIpc) is 3.24. The number of fused-ring (bicyclic) bond motifs is 1. The normalized spacial score (nSPS) is 12.7. The molecule has 0 saturated heterocycles.